The maximum absolute atomic E-state index is 13.0. The molecule has 242 valence electrons. The van der Waals surface area contributed by atoms with E-state index in [9.17, 15) is 27.9 Å². The number of methoxy groups -OCH3 is 1. The first-order valence-corrected chi connectivity index (χ1v) is 15.7. The van der Waals surface area contributed by atoms with Crippen LogP contribution in [0.25, 0.3) is 10.9 Å². The number of nitrogens with zero attached hydrogens (tertiary/aromatic N) is 3. The zero-order valence-corrected chi connectivity index (χ0v) is 26.5. The van der Waals surface area contributed by atoms with Gasteiger partial charge >= 0.3 is 18.2 Å². The number of amides is 2. The summed E-state index contributed by atoms with van der Waals surface area (Å²) in [5.41, 5.74) is 2.31. The molecule has 5 aromatic rings. The molecule has 0 spiro atoms. The summed E-state index contributed by atoms with van der Waals surface area (Å²) >= 11 is 7.54. The van der Waals surface area contributed by atoms with Gasteiger partial charge in [0, 0.05) is 22.6 Å². The molecular formula is C34H28ClF3N4O4S. The van der Waals surface area contributed by atoms with Gasteiger partial charge in [0.15, 0.2) is 5.69 Å². The van der Waals surface area contributed by atoms with E-state index >= 15 is 0 Å². The van der Waals surface area contributed by atoms with Crippen LogP contribution in [-0.2, 0) is 30.3 Å². The molecule has 0 unspecified atom stereocenters. The number of urea groups is 1. The fraction of sp³-hybridized carbons (Fsp3) is 0.176. The number of nitrogens with one attached hydrogen (secondary N) is 1. The number of hydrogen-bond acceptors (Lipinski definition) is 6. The van der Waals surface area contributed by atoms with Crippen LogP contribution in [0.15, 0.2) is 106 Å². The Morgan fingerprint density at radius 1 is 0.957 bits per heavy atom. The number of benzene rings is 4. The van der Waals surface area contributed by atoms with E-state index in [2.05, 4.69) is 15.5 Å². The second-order valence-electron chi connectivity index (χ2n) is 10.3. The summed E-state index contributed by atoms with van der Waals surface area (Å²) in [5, 5.41) is 21.6. The first-order valence-electron chi connectivity index (χ1n) is 14.3. The van der Waals surface area contributed by atoms with Gasteiger partial charge in [-0.25, -0.2) is 9.59 Å². The molecule has 0 aliphatic rings. The van der Waals surface area contributed by atoms with Crippen LogP contribution in [0.1, 0.15) is 27.0 Å². The number of ether oxygens (including phenoxy) is 1. The number of anilines is 1. The zero-order valence-electron chi connectivity index (χ0n) is 24.9. The molecule has 0 aliphatic carbocycles. The Hall–Kier alpha value is -4.81. The molecule has 8 nitrogen and oxygen atoms in total. The van der Waals surface area contributed by atoms with Gasteiger partial charge in [0.1, 0.15) is 0 Å². The minimum Gasteiger partial charge on any atom is -0.493 e. The van der Waals surface area contributed by atoms with Crippen molar-refractivity contribution in [2.45, 2.75) is 30.5 Å². The molecule has 0 radical (unpaired) electrons. The standard InChI is InChI=1S/C34H28ClF3N4O4S/c1-46-32(44)23-9-7-22(8-10-23)16-18-47-25-12-14-29-26(20-25)30(31(43)42(29)17-15-21-5-3-2-4-6-21)40-41-33(45)39-28-13-11-24(19-27(28)35)34(36,37)38/h2-14,19-20,43H,15-18H2,1H3,(H,39,45). The third-order valence-corrected chi connectivity index (χ3v) is 8.57. The van der Waals surface area contributed by atoms with E-state index < -0.39 is 23.7 Å². The average molecular weight is 681 g/mol. The lowest BCUT2D eigenvalue weighted by Gasteiger charge is -2.09. The van der Waals surface area contributed by atoms with Crippen LogP contribution < -0.4 is 5.32 Å². The lowest BCUT2D eigenvalue weighted by Crippen LogP contribution is -2.08. The molecular weight excluding hydrogens is 653 g/mol. The molecule has 0 saturated heterocycles. The Kier molecular flexibility index (Phi) is 10.5. The van der Waals surface area contributed by atoms with E-state index in [0.29, 0.717) is 35.5 Å². The Balaban J connectivity index is 1.37. The van der Waals surface area contributed by atoms with Crippen LogP contribution in [-0.4, -0.2) is 34.5 Å². The number of aryl methyl sites for hydroxylation is 3. The summed E-state index contributed by atoms with van der Waals surface area (Å²) in [5.74, 6) is 0.136. The van der Waals surface area contributed by atoms with Crippen LogP contribution in [0.3, 0.4) is 0 Å². The largest absolute Gasteiger partial charge is 0.493 e. The number of thioether (sulfide) groups is 1. The normalized spacial score (nSPS) is 11.7. The van der Waals surface area contributed by atoms with Crippen molar-refractivity contribution in [1.29, 1.82) is 0 Å². The molecule has 47 heavy (non-hydrogen) atoms. The number of alkyl halides is 3. The van der Waals surface area contributed by atoms with E-state index in [1.165, 1.54) is 7.11 Å². The van der Waals surface area contributed by atoms with Gasteiger partial charge in [-0.1, -0.05) is 59.2 Å². The number of fused-ring (bicyclic) bond motifs is 1. The molecule has 13 heteroatoms. The number of halogens is 4. The summed E-state index contributed by atoms with van der Waals surface area (Å²) in [6.07, 6.45) is -3.24. The van der Waals surface area contributed by atoms with Crippen LogP contribution in [0.4, 0.5) is 29.3 Å². The molecule has 2 N–H and O–H groups in total. The monoisotopic (exact) mass is 680 g/mol. The van der Waals surface area contributed by atoms with Gasteiger partial charge in [-0.05, 0) is 72.5 Å². The quantitative estimate of drug-likeness (QED) is 0.0868. The van der Waals surface area contributed by atoms with Gasteiger partial charge < -0.3 is 19.7 Å². The van der Waals surface area contributed by atoms with E-state index in [-0.39, 0.29) is 22.3 Å². The number of aromatic nitrogens is 1. The summed E-state index contributed by atoms with van der Waals surface area (Å²) in [6.45, 7) is 0.420. The molecule has 0 fully saturated rings. The average Bonchev–Trinajstić information content (AvgIpc) is 3.32. The minimum atomic E-state index is -4.59. The SMILES string of the molecule is COC(=O)c1ccc(CCSc2ccc3c(c2)c(N=NC(=O)Nc2ccc(C(F)(F)F)cc2Cl)c(O)n3CCc2ccccc2)cc1. The fourth-order valence-corrected chi connectivity index (χ4v) is 6.01. The zero-order chi connectivity index (χ0) is 33.6. The number of azo groups is 1. The molecule has 1 heterocycles. The maximum Gasteiger partial charge on any atom is 0.416 e. The first-order chi connectivity index (χ1) is 22.5. The number of aromatic hydroxyl groups is 1. The Labute approximate surface area is 277 Å². The van der Waals surface area contributed by atoms with E-state index in [4.69, 9.17) is 16.3 Å². The van der Waals surface area contributed by atoms with Crippen molar-refractivity contribution in [2.24, 2.45) is 10.2 Å². The number of carbonyl (C=O) groups excluding carboxylic acids is 2. The Bertz CT molecular complexity index is 1930. The highest BCUT2D eigenvalue weighted by Crippen LogP contribution is 2.41. The lowest BCUT2D eigenvalue weighted by molar-refractivity contribution is -0.137. The molecule has 0 saturated carbocycles. The van der Waals surface area contributed by atoms with E-state index in [1.54, 1.807) is 28.5 Å². The van der Waals surface area contributed by atoms with Crippen molar-refractivity contribution in [3.8, 4) is 5.88 Å². The van der Waals surface area contributed by atoms with Crippen molar-refractivity contribution in [3.63, 3.8) is 0 Å². The molecule has 2 amide bonds. The molecule has 5 rings (SSSR count). The van der Waals surface area contributed by atoms with E-state index in [0.717, 1.165) is 40.3 Å². The predicted molar refractivity (Wildman–Crippen MR) is 176 cm³/mol. The van der Waals surface area contributed by atoms with Gasteiger partial charge in [0.25, 0.3) is 0 Å². The fourth-order valence-electron chi connectivity index (χ4n) is 4.84. The topological polar surface area (TPSA) is 105 Å². The van der Waals surface area contributed by atoms with Crippen LogP contribution in [0.5, 0.6) is 5.88 Å². The third kappa shape index (κ3) is 8.32. The molecule has 0 atom stereocenters. The summed E-state index contributed by atoms with van der Waals surface area (Å²) in [4.78, 5) is 25.2. The first kappa shape index (κ1) is 33.6. The number of rotatable bonds is 10. The third-order valence-electron chi connectivity index (χ3n) is 7.26. The van der Waals surface area contributed by atoms with Gasteiger partial charge in [-0.15, -0.1) is 16.9 Å². The van der Waals surface area contributed by atoms with Crippen molar-refractivity contribution < 1.29 is 32.6 Å². The number of hydrogen-bond donors (Lipinski definition) is 2. The van der Waals surface area contributed by atoms with E-state index in [1.807, 2.05) is 60.7 Å². The minimum absolute atomic E-state index is 0.0718. The second kappa shape index (κ2) is 14.7. The summed E-state index contributed by atoms with van der Waals surface area (Å²) in [6, 6.07) is 24.2. The van der Waals surface area contributed by atoms with Crippen molar-refractivity contribution in [1.82, 2.24) is 4.57 Å². The predicted octanol–water partition coefficient (Wildman–Crippen LogP) is 9.70. The van der Waals surface area contributed by atoms with Crippen molar-refractivity contribution in [2.75, 3.05) is 18.2 Å². The Morgan fingerprint density at radius 2 is 1.68 bits per heavy atom. The number of esters is 1. The smallest absolute Gasteiger partial charge is 0.416 e. The summed E-state index contributed by atoms with van der Waals surface area (Å²) in [7, 11) is 1.34. The van der Waals surface area contributed by atoms with Crippen molar-refractivity contribution >= 4 is 57.6 Å². The highest BCUT2D eigenvalue weighted by molar-refractivity contribution is 7.99. The summed E-state index contributed by atoms with van der Waals surface area (Å²) < 4.78 is 45.4. The van der Waals surface area contributed by atoms with Gasteiger partial charge in [0.05, 0.1) is 34.5 Å². The maximum atomic E-state index is 13.0. The lowest BCUT2D eigenvalue weighted by atomic mass is 10.1. The van der Waals surface area contributed by atoms with Gasteiger partial charge in [-0.3, -0.25) is 0 Å². The molecule has 1 aromatic heterocycles. The van der Waals surface area contributed by atoms with Crippen molar-refractivity contribution in [3.05, 3.63) is 118 Å². The highest BCUT2D eigenvalue weighted by atomic mass is 35.5. The van der Waals surface area contributed by atoms with Crippen LogP contribution in [0.2, 0.25) is 5.02 Å². The highest BCUT2D eigenvalue weighted by Gasteiger charge is 2.31. The number of carbonyl (C=O) groups is 2. The molecule has 4 aromatic carbocycles. The molecule has 0 bridgehead atoms. The molecule has 0 aliphatic heterocycles. The Morgan fingerprint density at radius 3 is 2.36 bits per heavy atom. The second-order valence-corrected chi connectivity index (χ2v) is 11.9. The van der Waals surface area contributed by atoms with Gasteiger partial charge in [-0.2, -0.15) is 13.2 Å². The van der Waals surface area contributed by atoms with Crippen LogP contribution >= 0.6 is 23.4 Å². The van der Waals surface area contributed by atoms with Crippen LogP contribution in [0, 0.1) is 0 Å². The van der Waals surface area contributed by atoms with Gasteiger partial charge in [0.2, 0.25) is 5.88 Å².